The van der Waals surface area contributed by atoms with Gasteiger partial charge in [0, 0.05) is 5.25 Å². The lowest BCUT2D eigenvalue weighted by molar-refractivity contribution is 0.639. The molecule has 3 aliphatic rings. The lowest BCUT2D eigenvalue weighted by Gasteiger charge is -2.25. The predicted octanol–water partition coefficient (Wildman–Crippen LogP) is 3.91. The van der Waals surface area contributed by atoms with Crippen LogP contribution in [-0.4, -0.2) is 11.0 Å². The summed E-state index contributed by atoms with van der Waals surface area (Å²) in [5, 5.41) is 0.496. The largest absolute Gasteiger partial charge is 0.179 e. The minimum atomic E-state index is 0.496. The first-order valence-corrected chi connectivity index (χ1v) is 7.58. The Balaban J connectivity index is 1.99. The van der Waals surface area contributed by atoms with Crippen molar-refractivity contribution < 1.29 is 0 Å². The van der Waals surface area contributed by atoms with Crippen molar-refractivity contribution in [2.75, 3.05) is 5.75 Å². The van der Waals surface area contributed by atoms with E-state index in [0.29, 0.717) is 5.25 Å². The molecule has 0 aromatic carbocycles. The first kappa shape index (κ1) is 11.3. The molecule has 0 saturated heterocycles. The van der Waals surface area contributed by atoms with Crippen LogP contribution in [0.5, 0.6) is 0 Å². The Hall–Kier alpha value is 0.180. The minimum Gasteiger partial charge on any atom is -0.179 e. The summed E-state index contributed by atoms with van der Waals surface area (Å²) in [6.07, 6.45) is 7.65. The van der Waals surface area contributed by atoms with E-state index in [1.54, 1.807) is 16.7 Å². The molecular weight excluding hydrogens is 232 g/mol. The zero-order valence-electron chi connectivity index (χ0n) is 9.82. The summed E-state index contributed by atoms with van der Waals surface area (Å²) < 4.78 is 0. The molecule has 0 spiro atoms. The quantitative estimate of drug-likeness (QED) is 0.650. The van der Waals surface area contributed by atoms with Gasteiger partial charge in [0.1, 0.15) is 0 Å². The zero-order chi connectivity index (χ0) is 11.3. The molecule has 0 radical (unpaired) electrons. The van der Waals surface area contributed by atoms with Gasteiger partial charge in [-0.25, -0.2) is 0 Å². The highest BCUT2D eigenvalue weighted by atomic mass is 32.1. The second-order valence-electron chi connectivity index (χ2n) is 5.53. The van der Waals surface area contributed by atoms with E-state index >= 15 is 0 Å². The Morgan fingerprint density at radius 2 is 2.25 bits per heavy atom. The average Bonchev–Trinajstić information content (AvgIpc) is 2.97. The van der Waals surface area contributed by atoms with Crippen LogP contribution in [0.3, 0.4) is 0 Å². The van der Waals surface area contributed by atoms with E-state index in [1.807, 2.05) is 0 Å². The van der Waals surface area contributed by atoms with Gasteiger partial charge in [-0.1, -0.05) is 11.6 Å². The number of fused-ring (bicyclic) bond motifs is 3. The summed E-state index contributed by atoms with van der Waals surface area (Å²) in [5.41, 5.74) is 4.86. The Labute approximate surface area is 109 Å². The van der Waals surface area contributed by atoms with Crippen LogP contribution in [0.15, 0.2) is 22.8 Å². The fourth-order valence-electron chi connectivity index (χ4n) is 3.76. The highest BCUT2D eigenvalue weighted by Gasteiger charge is 2.55. The van der Waals surface area contributed by atoms with Gasteiger partial charge in [-0.2, -0.15) is 25.3 Å². The zero-order valence-corrected chi connectivity index (χ0v) is 11.6. The number of allylic oxidation sites excluding steroid dienone is 3. The minimum absolute atomic E-state index is 0.496. The van der Waals surface area contributed by atoms with Crippen molar-refractivity contribution in [3.63, 3.8) is 0 Å². The Kier molecular flexibility index (Phi) is 2.91. The molecule has 3 aliphatic carbocycles. The maximum Gasteiger partial charge on any atom is 0.0272 e. The number of hydrogen-bond acceptors (Lipinski definition) is 2. The van der Waals surface area contributed by atoms with Crippen LogP contribution in [0.25, 0.3) is 0 Å². The molecule has 88 valence electrons. The van der Waals surface area contributed by atoms with Crippen molar-refractivity contribution >= 4 is 25.3 Å². The van der Waals surface area contributed by atoms with Gasteiger partial charge in [-0.05, 0) is 67.3 Å². The summed E-state index contributed by atoms with van der Waals surface area (Å²) in [5.74, 6) is 3.62. The van der Waals surface area contributed by atoms with Crippen LogP contribution in [0.2, 0.25) is 0 Å². The Morgan fingerprint density at radius 1 is 1.44 bits per heavy atom. The smallest absolute Gasteiger partial charge is 0.0272 e. The predicted molar refractivity (Wildman–Crippen MR) is 76.3 cm³/mol. The fraction of sp³-hybridized carbons (Fsp3) is 0.714. The molecule has 0 bridgehead atoms. The molecule has 0 nitrogen and oxygen atoms in total. The molecule has 2 saturated carbocycles. The van der Waals surface area contributed by atoms with Crippen LogP contribution in [0, 0.1) is 17.8 Å². The third kappa shape index (κ3) is 1.60. The standard InChI is InChI=1S/C14H20S2/c1-8-4-2-3-5-9-13(8)12(16)6-10-11(7-15)14(9)10/h5,10-12,14-16H,2-4,6-7H2,1H3. The summed E-state index contributed by atoms with van der Waals surface area (Å²) in [4.78, 5) is 0. The second kappa shape index (κ2) is 4.13. The maximum atomic E-state index is 4.83. The van der Waals surface area contributed by atoms with Crippen LogP contribution < -0.4 is 0 Å². The van der Waals surface area contributed by atoms with Gasteiger partial charge in [0.05, 0.1) is 0 Å². The Bertz CT molecular complexity index is 367. The van der Waals surface area contributed by atoms with Crippen molar-refractivity contribution in [2.45, 2.75) is 37.9 Å². The van der Waals surface area contributed by atoms with Gasteiger partial charge in [-0.15, -0.1) is 0 Å². The van der Waals surface area contributed by atoms with Crippen molar-refractivity contribution in [3.05, 3.63) is 22.8 Å². The van der Waals surface area contributed by atoms with Crippen LogP contribution >= 0.6 is 25.3 Å². The number of rotatable bonds is 1. The van der Waals surface area contributed by atoms with Crippen molar-refractivity contribution in [1.82, 2.24) is 0 Å². The van der Waals surface area contributed by atoms with E-state index in [0.717, 1.165) is 23.5 Å². The van der Waals surface area contributed by atoms with Crippen molar-refractivity contribution in [1.29, 1.82) is 0 Å². The van der Waals surface area contributed by atoms with Crippen LogP contribution in [0.4, 0.5) is 0 Å². The molecule has 0 aromatic heterocycles. The normalized spacial score (nSPS) is 42.1. The SMILES string of the molecule is CC1=C2C(=CCCC1)C1C(CS)C1CC2S. The molecule has 0 N–H and O–H groups in total. The second-order valence-corrected chi connectivity index (χ2v) is 6.52. The molecule has 4 unspecified atom stereocenters. The van der Waals surface area contributed by atoms with Crippen molar-refractivity contribution in [2.24, 2.45) is 17.8 Å². The maximum absolute atomic E-state index is 4.83. The van der Waals surface area contributed by atoms with Gasteiger partial charge in [0.2, 0.25) is 0 Å². The van der Waals surface area contributed by atoms with Gasteiger partial charge in [0.15, 0.2) is 0 Å². The molecule has 0 heterocycles. The molecule has 0 amide bonds. The van der Waals surface area contributed by atoms with Crippen LogP contribution in [0.1, 0.15) is 32.6 Å². The molecule has 4 atom stereocenters. The third-order valence-corrected chi connectivity index (χ3v) is 5.51. The average molecular weight is 252 g/mol. The summed E-state index contributed by atoms with van der Waals surface area (Å²) >= 11 is 9.33. The summed E-state index contributed by atoms with van der Waals surface area (Å²) in [6.45, 7) is 2.32. The van der Waals surface area contributed by atoms with E-state index in [1.165, 1.54) is 25.7 Å². The topological polar surface area (TPSA) is 0 Å². The molecule has 2 heteroatoms. The fourth-order valence-corrected chi connectivity index (χ4v) is 4.87. The summed E-state index contributed by atoms with van der Waals surface area (Å²) in [7, 11) is 0. The van der Waals surface area contributed by atoms with E-state index in [4.69, 9.17) is 12.6 Å². The number of hydrogen-bond donors (Lipinski definition) is 2. The van der Waals surface area contributed by atoms with E-state index < -0.39 is 0 Å². The molecule has 0 aromatic rings. The molecule has 3 rings (SSSR count). The van der Waals surface area contributed by atoms with Gasteiger partial charge in [-0.3, -0.25) is 0 Å². The third-order valence-electron chi connectivity index (χ3n) is 4.62. The molecular formula is C14H20S2. The van der Waals surface area contributed by atoms with Gasteiger partial charge >= 0.3 is 0 Å². The van der Waals surface area contributed by atoms with E-state index in [-0.39, 0.29) is 0 Å². The first-order valence-electron chi connectivity index (χ1n) is 6.43. The summed E-state index contributed by atoms with van der Waals surface area (Å²) in [6, 6.07) is 0. The highest BCUT2D eigenvalue weighted by Crippen LogP contribution is 2.61. The number of thiol groups is 2. The highest BCUT2D eigenvalue weighted by molar-refractivity contribution is 7.81. The lowest BCUT2D eigenvalue weighted by atomic mass is 9.86. The van der Waals surface area contributed by atoms with Gasteiger partial charge < -0.3 is 0 Å². The molecule has 0 aliphatic heterocycles. The van der Waals surface area contributed by atoms with E-state index in [9.17, 15) is 0 Å². The van der Waals surface area contributed by atoms with E-state index in [2.05, 4.69) is 25.6 Å². The van der Waals surface area contributed by atoms with Crippen molar-refractivity contribution in [3.8, 4) is 0 Å². The van der Waals surface area contributed by atoms with Crippen LogP contribution in [-0.2, 0) is 0 Å². The first-order chi connectivity index (χ1) is 7.74. The lowest BCUT2D eigenvalue weighted by Crippen LogP contribution is -2.16. The Morgan fingerprint density at radius 3 is 3.00 bits per heavy atom. The molecule has 2 fully saturated rings. The van der Waals surface area contributed by atoms with Gasteiger partial charge in [0.25, 0.3) is 0 Å². The molecule has 16 heavy (non-hydrogen) atoms. The monoisotopic (exact) mass is 252 g/mol.